The van der Waals surface area contributed by atoms with Gasteiger partial charge in [0.1, 0.15) is 11.5 Å². The van der Waals surface area contributed by atoms with Gasteiger partial charge in [0.25, 0.3) is 0 Å². The zero-order chi connectivity index (χ0) is 17.7. The van der Waals surface area contributed by atoms with Gasteiger partial charge in [-0.05, 0) is 18.1 Å². The van der Waals surface area contributed by atoms with Crippen LogP contribution in [-0.2, 0) is 16.1 Å². The molecule has 0 fully saturated rings. The molecule has 0 aliphatic heterocycles. The smallest absolute Gasteiger partial charge is 0.243 e. The summed E-state index contributed by atoms with van der Waals surface area (Å²) in [6, 6.07) is 3.00. The molecule has 138 valence electrons. The Morgan fingerprint density at radius 3 is 2.76 bits per heavy atom. The maximum atomic E-state index is 12.1. The second kappa shape index (κ2) is 9.55. The minimum absolute atomic E-state index is 0. The number of anilines is 1. The second-order valence-corrected chi connectivity index (χ2v) is 6.47. The van der Waals surface area contributed by atoms with Crippen molar-refractivity contribution in [3.05, 3.63) is 23.3 Å². The van der Waals surface area contributed by atoms with Crippen molar-refractivity contribution in [2.45, 2.75) is 39.8 Å². The Morgan fingerprint density at radius 1 is 1.40 bits per heavy atom. The molecular weight excluding hydrogens is 364 g/mol. The fraction of sp³-hybridized carbons (Fsp3) is 0.438. The van der Waals surface area contributed by atoms with Crippen molar-refractivity contribution in [2.24, 2.45) is 11.7 Å². The van der Waals surface area contributed by atoms with E-state index in [0.29, 0.717) is 28.9 Å². The van der Waals surface area contributed by atoms with Crippen LogP contribution >= 0.6 is 23.7 Å². The normalized spacial score (nSPS) is 12.8. The third-order valence-electron chi connectivity index (χ3n) is 3.72. The number of hydrogen-bond acceptors (Lipinski definition) is 6. The predicted molar refractivity (Wildman–Crippen MR) is 101 cm³/mol. The standard InChI is InChI=1S/C16H22N4O3S.ClH/c1-4-9(2)14(17)15(22)20-16-19-12(8-24-16)13-6-5-11(23-13)7-18-10(3)21;/h5-6,8-9,14H,4,7,17H2,1-3H3,(H,18,21)(H,19,20,22);1H. The summed E-state index contributed by atoms with van der Waals surface area (Å²) in [6.45, 7) is 5.71. The number of nitrogens with two attached hydrogens (primary N) is 1. The number of carbonyl (C=O) groups excluding carboxylic acids is 2. The van der Waals surface area contributed by atoms with E-state index in [4.69, 9.17) is 10.2 Å². The zero-order valence-electron chi connectivity index (χ0n) is 14.4. The monoisotopic (exact) mass is 386 g/mol. The topological polar surface area (TPSA) is 110 Å². The van der Waals surface area contributed by atoms with Crippen LogP contribution in [0, 0.1) is 5.92 Å². The number of nitrogens with one attached hydrogen (secondary N) is 2. The lowest BCUT2D eigenvalue weighted by Crippen LogP contribution is -2.40. The van der Waals surface area contributed by atoms with Crippen molar-refractivity contribution in [3.8, 4) is 11.5 Å². The van der Waals surface area contributed by atoms with Gasteiger partial charge in [-0.1, -0.05) is 20.3 Å². The number of carbonyl (C=O) groups is 2. The summed E-state index contributed by atoms with van der Waals surface area (Å²) in [5.74, 6) is 0.960. The molecule has 0 saturated carbocycles. The van der Waals surface area contributed by atoms with Crippen molar-refractivity contribution < 1.29 is 14.0 Å². The molecule has 2 aromatic rings. The molecule has 0 saturated heterocycles. The van der Waals surface area contributed by atoms with Crippen molar-refractivity contribution in [2.75, 3.05) is 5.32 Å². The highest BCUT2D eigenvalue weighted by Crippen LogP contribution is 2.26. The summed E-state index contributed by atoms with van der Waals surface area (Å²) in [5.41, 5.74) is 6.54. The van der Waals surface area contributed by atoms with E-state index in [2.05, 4.69) is 15.6 Å². The van der Waals surface area contributed by atoms with Crippen molar-refractivity contribution in [1.82, 2.24) is 10.3 Å². The van der Waals surface area contributed by atoms with E-state index in [1.54, 1.807) is 17.5 Å². The maximum absolute atomic E-state index is 12.1. The first-order valence-corrected chi connectivity index (χ1v) is 8.64. The highest BCUT2D eigenvalue weighted by Gasteiger charge is 2.20. The van der Waals surface area contributed by atoms with Gasteiger partial charge in [0.15, 0.2) is 10.9 Å². The lowest BCUT2D eigenvalue weighted by Gasteiger charge is -2.16. The van der Waals surface area contributed by atoms with Crippen LogP contribution in [0.3, 0.4) is 0 Å². The Balaban J connectivity index is 0.00000312. The van der Waals surface area contributed by atoms with Crippen molar-refractivity contribution >= 4 is 40.7 Å². The number of nitrogens with zero attached hydrogens (tertiary/aromatic N) is 1. The number of furan rings is 1. The fourth-order valence-corrected chi connectivity index (χ4v) is 2.67. The predicted octanol–water partition coefficient (Wildman–Crippen LogP) is 2.77. The average Bonchev–Trinajstić information content (AvgIpc) is 3.20. The number of halogens is 1. The number of hydrogen-bond donors (Lipinski definition) is 3. The van der Waals surface area contributed by atoms with Crippen molar-refractivity contribution in [1.29, 1.82) is 0 Å². The Hall–Kier alpha value is -1.90. The summed E-state index contributed by atoms with van der Waals surface area (Å²) in [5, 5.41) is 7.68. The molecule has 2 rings (SSSR count). The van der Waals surface area contributed by atoms with Gasteiger partial charge in [0.05, 0.1) is 12.6 Å². The van der Waals surface area contributed by atoms with E-state index in [9.17, 15) is 9.59 Å². The molecule has 2 atom stereocenters. The van der Waals surface area contributed by atoms with Gasteiger partial charge < -0.3 is 20.8 Å². The molecule has 7 nitrogen and oxygen atoms in total. The molecule has 25 heavy (non-hydrogen) atoms. The molecule has 9 heteroatoms. The third kappa shape index (κ3) is 5.84. The Bertz CT molecular complexity index is 716. The van der Waals surface area contributed by atoms with Gasteiger partial charge in [-0.3, -0.25) is 9.59 Å². The molecule has 0 bridgehead atoms. The molecule has 0 aliphatic rings. The van der Waals surface area contributed by atoms with Crippen LogP contribution in [0.25, 0.3) is 11.5 Å². The van der Waals surface area contributed by atoms with Gasteiger partial charge in [-0.25, -0.2) is 4.98 Å². The van der Waals surface area contributed by atoms with Gasteiger partial charge >= 0.3 is 0 Å². The fourth-order valence-electron chi connectivity index (χ4n) is 1.97. The van der Waals surface area contributed by atoms with Crippen LogP contribution in [0.15, 0.2) is 21.9 Å². The van der Waals surface area contributed by atoms with Crippen LogP contribution in [0.1, 0.15) is 33.0 Å². The Kier molecular flexibility index (Phi) is 8.08. The first kappa shape index (κ1) is 21.1. The molecule has 2 aromatic heterocycles. The molecule has 0 radical (unpaired) electrons. The summed E-state index contributed by atoms with van der Waals surface area (Å²) >= 11 is 1.31. The molecule has 4 N–H and O–H groups in total. The largest absolute Gasteiger partial charge is 0.458 e. The molecule has 2 unspecified atom stereocenters. The lowest BCUT2D eigenvalue weighted by atomic mass is 10.00. The van der Waals surface area contributed by atoms with Crippen LogP contribution in [-0.4, -0.2) is 22.8 Å². The second-order valence-electron chi connectivity index (χ2n) is 5.61. The average molecular weight is 387 g/mol. The highest BCUT2D eigenvalue weighted by molar-refractivity contribution is 7.14. The molecule has 0 aliphatic carbocycles. The number of aromatic nitrogens is 1. The SMILES string of the molecule is CCC(C)C(N)C(=O)Nc1nc(-c2ccc(CNC(C)=O)o2)cs1.Cl. The zero-order valence-corrected chi connectivity index (χ0v) is 16.0. The minimum Gasteiger partial charge on any atom is -0.458 e. The van der Waals surface area contributed by atoms with Crippen LogP contribution < -0.4 is 16.4 Å². The third-order valence-corrected chi connectivity index (χ3v) is 4.48. The number of rotatable bonds is 7. The first-order valence-electron chi connectivity index (χ1n) is 7.76. The van der Waals surface area contributed by atoms with E-state index in [1.165, 1.54) is 18.3 Å². The summed E-state index contributed by atoms with van der Waals surface area (Å²) in [4.78, 5) is 27.3. The summed E-state index contributed by atoms with van der Waals surface area (Å²) in [6.07, 6.45) is 0.835. The molecule has 0 aromatic carbocycles. The van der Waals surface area contributed by atoms with Crippen LogP contribution in [0.5, 0.6) is 0 Å². The maximum Gasteiger partial charge on any atom is 0.243 e. The van der Waals surface area contributed by atoms with E-state index < -0.39 is 6.04 Å². The minimum atomic E-state index is -0.560. The van der Waals surface area contributed by atoms with E-state index in [1.807, 2.05) is 13.8 Å². The lowest BCUT2D eigenvalue weighted by molar-refractivity contribution is -0.119. The van der Waals surface area contributed by atoms with E-state index in [-0.39, 0.29) is 30.1 Å². The van der Waals surface area contributed by atoms with Crippen LogP contribution in [0.2, 0.25) is 0 Å². The van der Waals surface area contributed by atoms with E-state index in [0.717, 1.165) is 6.42 Å². The van der Waals surface area contributed by atoms with Crippen LogP contribution in [0.4, 0.5) is 5.13 Å². The number of thiazole rings is 1. The Morgan fingerprint density at radius 2 is 2.12 bits per heavy atom. The van der Waals surface area contributed by atoms with Gasteiger partial charge in [0, 0.05) is 12.3 Å². The molecule has 2 amide bonds. The van der Waals surface area contributed by atoms with Gasteiger partial charge in [-0.2, -0.15) is 0 Å². The first-order chi connectivity index (χ1) is 11.4. The molecular formula is C16H23ClN4O3S. The van der Waals surface area contributed by atoms with Gasteiger partial charge in [0.2, 0.25) is 11.8 Å². The van der Waals surface area contributed by atoms with E-state index >= 15 is 0 Å². The number of amides is 2. The van der Waals surface area contributed by atoms with Crippen molar-refractivity contribution in [3.63, 3.8) is 0 Å². The van der Waals surface area contributed by atoms with Gasteiger partial charge in [-0.15, -0.1) is 23.7 Å². The molecule has 0 spiro atoms. The molecule has 2 heterocycles. The quantitative estimate of drug-likeness (QED) is 0.677. The summed E-state index contributed by atoms with van der Waals surface area (Å²) < 4.78 is 5.63. The highest BCUT2D eigenvalue weighted by atomic mass is 35.5. The summed E-state index contributed by atoms with van der Waals surface area (Å²) in [7, 11) is 0. The Labute approximate surface area is 156 Å².